The lowest BCUT2D eigenvalue weighted by Gasteiger charge is -2.33. The largest absolute Gasteiger partial charge is 0.345 e. The molecule has 0 bridgehead atoms. The third-order valence-electron chi connectivity index (χ3n) is 5.22. The molecule has 27 heavy (non-hydrogen) atoms. The van der Waals surface area contributed by atoms with E-state index in [1.165, 1.54) is 16.4 Å². The minimum absolute atomic E-state index is 0.0296. The zero-order valence-electron chi connectivity index (χ0n) is 16.3. The maximum absolute atomic E-state index is 13.1. The molecule has 8 heteroatoms. The van der Waals surface area contributed by atoms with Crippen molar-refractivity contribution in [1.29, 1.82) is 0 Å². The van der Waals surface area contributed by atoms with Gasteiger partial charge in [0.15, 0.2) is 0 Å². The van der Waals surface area contributed by atoms with Gasteiger partial charge in [0.05, 0.1) is 10.8 Å². The van der Waals surface area contributed by atoms with Gasteiger partial charge in [-0.3, -0.25) is 4.79 Å². The number of benzene rings is 1. The lowest BCUT2D eigenvalue weighted by atomic mass is 9.97. The van der Waals surface area contributed by atoms with Gasteiger partial charge in [-0.25, -0.2) is 12.8 Å². The molecular weight excluding hydrogens is 369 g/mol. The Bertz CT molecular complexity index is 737. The summed E-state index contributed by atoms with van der Waals surface area (Å²) < 4.78 is 40.0. The van der Waals surface area contributed by atoms with E-state index in [9.17, 15) is 17.6 Å². The van der Waals surface area contributed by atoms with Gasteiger partial charge >= 0.3 is 0 Å². The minimum Gasteiger partial charge on any atom is -0.345 e. The van der Waals surface area contributed by atoms with Gasteiger partial charge < -0.3 is 10.6 Å². The van der Waals surface area contributed by atoms with E-state index in [0.717, 1.165) is 12.1 Å². The lowest BCUT2D eigenvalue weighted by molar-refractivity contribution is -0.135. The quantitative estimate of drug-likeness (QED) is 0.761. The fourth-order valence-electron chi connectivity index (χ4n) is 3.22. The van der Waals surface area contributed by atoms with Crippen LogP contribution < -0.4 is 5.73 Å². The first-order chi connectivity index (χ1) is 12.6. The second-order valence-electron chi connectivity index (χ2n) is 7.61. The fraction of sp³-hybridized carbons (Fsp3) is 0.632. The maximum Gasteiger partial charge on any atom is 0.243 e. The maximum atomic E-state index is 13.1. The first-order valence-electron chi connectivity index (χ1n) is 9.39. The van der Waals surface area contributed by atoms with Crippen molar-refractivity contribution in [2.45, 2.75) is 44.0 Å². The number of halogens is 1. The smallest absolute Gasteiger partial charge is 0.243 e. The van der Waals surface area contributed by atoms with Crippen LogP contribution in [0.2, 0.25) is 0 Å². The Morgan fingerprint density at radius 1 is 1.33 bits per heavy atom. The van der Waals surface area contributed by atoms with Gasteiger partial charge in [0.25, 0.3) is 0 Å². The van der Waals surface area contributed by atoms with Gasteiger partial charge in [0, 0.05) is 32.7 Å². The van der Waals surface area contributed by atoms with Crippen molar-refractivity contribution in [2.75, 3.05) is 26.7 Å². The molecule has 1 aromatic rings. The average molecular weight is 400 g/mol. The van der Waals surface area contributed by atoms with Crippen LogP contribution in [-0.4, -0.2) is 56.3 Å². The lowest BCUT2D eigenvalue weighted by Crippen LogP contribution is -2.46. The third kappa shape index (κ3) is 5.49. The fourth-order valence-corrected chi connectivity index (χ4v) is 4.74. The number of piperidine rings is 1. The van der Waals surface area contributed by atoms with E-state index in [1.54, 1.807) is 11.9 Å². The van der Waals surface area contributed by atoms with Crippen molar-refractivity contribution < 1.29 is 17.6 Å². The van der Waals surface area contributed by atoms with Gasteiger partial charge in [-0.05, 0) is 49.4 Å². The molecule has 152 valence electrons. The van der Waals surface area contributed by atoms with Crippen LogP contribution in [0, 0.1) is 17.7 Å². The summed E-state index contributed by atoms with van der Waals surface area (Å²) in [6, 6.07) is 4.81. The van der Waals surface area contributed by atoms with Crippen molar-refractivity contribution in [3.8, 4) is 0 Å². The highest BCUT2D eigenvalue weighted by atomic mass is 32.2. The van der Waals surface area contributed by atoms with Crippen LogP contribution >= 0.6 is 0 Å². The minimum atomic E-state index is -3.73. The number of sulfonamides is 1. The molecule has 1 aromatic carbocycles. The van der Waals surface area contributed by atoms with Crippen LogP contribution in [0.1, 0.15) is 33.1 Å². The number of carbonyl (C=O) groups is 1. The van der Waals surface area contributed by atoms with Gasteiger partial charge in [-0.15, -0.1) is 0 Å². The molecule has 0 saturated carbocycles. The van der Waals surface area contributed by atoms with Crippen LogP contribution in [0.4, 0.5) is 4.39 Å². The third-order valence-corrected chi connectivity index (χ3v) is 7.09. The molecule has 1 heterocycles. The SMILES string of the molecule is CC(C)C(N)CCN(C)C(=O)C1CCCN(S(=O)(=O)c2ccc(F)cc2)C1. The molecule has 0 spiro atoms. The number of carbonyl (C=O) groups excluding carboxylic acids is 1. The van der Waals surface area contributed by atoms with E-state index in [1.807, 2.05) is 13.8 Å². The Hall–Kier alpha value is -1.51. The van der Waals surface area contributed by atoms with Crippen molar-refractivity contribution in [3.05, 3.63) is 30.1 Å². The van der Waals surface area contributed by atoms with Crippen molar-refractivity contribution >= 4 is 15.9 Å². The molecular formula is C19H30FN3O3S. The highest BCUT2D eigenvalue weighted by molar-refractivity contribution is 7.89. The van der Waals surface area contributed by atoms with E-state index < -0.39 is 15.8 Å². The normalized spacial score (nSPS) is 19.9. The predicted octanol–water partition coefficient (Wildman–Crippen LogP) is 2.06. The Labute approximate surface area is 161 Å². The summed E-state index contributed by atoms with van der Waals surface area (Å²) in [5.74, 6) is -0.555. The summed E-state index contributed by atoms with van der Waals surface area (Å²) in [6.07, 6.45) is 2.00. The van der Waals surface area contributed by atoms with E-state index >= 15 is 0 Å². The Morgan fingerprint density at radius 2 is 1.96 bits per heavy atom. The number of nitrogens with two attached hydrogens (primary N) is 1. The van der Waals surface area contributed by atoms with E-state index in [-0.39, 0.29) is 29.3 Å². The molecule has 0 aromatic heterocycles. The summed E-state index contributed by atoms with van der Waals surface area (Å²) in [4.78, 5) is 14.5. The first kappa shape index (κ1) is 21.8. The zero-order valence-corrected chi connectivity index (χ0v) is 17.1. The van der Waals surface area contributed by atoms with Gasteiger partial charge in [0.1, 0.15) is 5.82 Å². The van der Waals surface area contributed by atoms with Crippen molar-refractivity contribution in [1.82, 2.24) is 9.21 Å². The zero-order chi connectivity index (χ0) is 20.2. The monoisotopic (exact) mass is 399 g/mol. The van der Waals surface area contributed by atoms with E-state index in [0.29, 0.717) is 38.3 Å². The first-order valence-corrected chi connectivity index (χ1v) is 10.8. The molecule has 6 nitrogen and oxygen atoms in total. The Balaban J connectivity index is 2.02. The second-order valence-corrected chi connectivity index (χ2v) is 9.55. The molecule has 0 aliphatic carbocycles. The Morgan fingerprint density at radius 3 is 2.56 bits per heavy atom. The van der Waals surface area contributed by atoms with Crippen LogP contribution in [0.25, 0.3) is 0 Å². The predicted molar refractivity (Wildman–Crippen MR) is 103 cm³/mol. The summed E-state index contributed by atoms with van der Waals surface area (Å²) in [5.41, 5.74) is 6.05. The molecule has 1 amide bonds. The molecule has 0 radical (unpaired) electrons. The van der Waals surface area contributed by atoms with Crippen molar-refractivity contribution in [2.24, 2.45) is 17.6 Å². The molecule has 1 fully saturated rings. The molecule has 1 aliphatic heterocycles. The molecule has 2 N–H and O–H groups in total. The van der Waals surface area contributed by atoms with Crippen LogP contribution in [0.5, 0.6) is 0 Å². The van der Waals surface area contributed by atoms with Gasteiger partial charge in [0.2, 0.25) is 15.9 Å². The number of amides is 1. The molecule has 2 unspecified atom stereocenters. The summed E-state index contributed by atoms with van der Waals surface area (Å²) in [5, 5.41) is 0. The number of nitrogens with zero attached hydrogens (tertiary/aromatic N) is 2. The number of hydrogen-bond donors (Lipinski definition) is 1. The molecule has 1 saturated heterocycles. The summed E-state index contributed by atoms with van der Waals surface area (Å²) >= 11 is 0. The molecule has 2 atom stereocenters. The molecule has 1 aliphatic rings. The van der Waals surface area contributed by atoms with Crippen LogP contribution in [0.15, 0.2) is 29.2 Å². The number of hydrogen-bond acceptors (Lipinski definition) is 4. The van der Waals surface area contributed by atoms with Crippen molar-refractivity contribution in [3.63, 3.8) is 0 Å². The Kier molecular flexibility index (Phi) is 7.36. The van der Waals surface area contributed by atoms with E-state index in [4.69, 9.17) is 5.73 Å². The van der Waals surface area contributed by atoms with Crippen LogP contribution in [-0.2, 0) is 14.8 Å². The van der Waals surface area contributed by atoms with Gasteiger partial charge in [-0.1, -0.05) is 13.8 Å². The highest BCUT2D eigenvalue weighted by Crippen LogP contribution is 2.25. The molecule has 2 rings (SSSR count). The van der Waals surface area contributed by atoms with Crippen LogP contribution in [0.3, 0.4) is 0 Å². The topological polar surface area (TPSA) is 83.7 Å². The van der Waals surface area contributed by atoms with E-state index in [2.05, 4.69) is 0 Å². The highest BCUT2D eigenvalue weighted by Gasteiger charge is 2.34. The average Bonchev–Trinajstić information content (AvgIpc) is 2.65. The van der Waals surface area contributed by atoms with Gasteiger partial charge in [-0.2, -0.15) is 4.31 Å². The number of rotatable bonds is 7. The summed E-state index contributed by atoms with van der Waals surface area (Å²) in [6.45, 7) is 5.17. The standard InChI is InChI=1S/C19H30FN3O3S/c1-14(2)18(21)10-12-22(3)19(24)15-5-4-11-23(13-15)27(25,26)17-8-6-16(20)7-9-17/h6-9,14-15,18H,4-5,10-13,21H2,1-3H3. The summed E-state index contributed by atoms with van der Waals surface area (Å²) in [7, 11) is -1.99. The second kappa shape index (κ2) is 9.12.